The van der Waals surface area contributed by atoms with E-state index in [1.54, 1.807) is 43.3 Å². The number of anilines is 1. The topological polar surface area (TPSA) is 134 Å². The molecular formula is C31H32N2O9S. The summed E-state index contributed by atoms with van der Waals surface area (Å²) < 4.78 is 27.9. The number of aliphatic hydroxyl groups excluding tert-OH is 1. The van der Waals surface area contributed by atoms with Gasteiger partial charge in [0, 0.05) is 5.56 Å². The lowest BCUT2D eigenvalue weighted by molar-refractivity contribution is -0.132. The minimum Gasteiger partial charge on any atom is -0.507 e. The van der Waals surface area contributed by atoms with E-state index < -0.39 is 29.5 Å². The molecule has 43 heavy (non-hydrogen) atoms. The zero-order valence-electron chi connectivity index (χ0n) is 24.3. The molecule has 1 unspecified atom stereocenters. The summed E-state index contributed by atoms with van der Waals surface area (Å²) in [4.78, 5) is 45.5. The summed E-state index contributed by atoms with van der Waals surface area (Å²) >= 11 is 0.924. The molecule has 1 saturated heterocycles. The smallest absolute Gasteiger partial charge is 0.350 e. The van der Waals surface area contributed by atoms with Gasteiger partial charge in [-0.15, -0.1) is 0 Å². The zero-order chi connectivity index (χ0) is 30.7. The number of Topliss-reactive ketones (excluding diaryl/α,β-unsaturated/α-hetero) is 1. The number of nitrogens with zero attached hydrogens (tertiary/aromatic N) is 2. The van der Waals surface area contributed by atoms with Crippen molar-refractivity contribution in [3.8, 4) is 23.0 Å². The molecule has 0 spiro atoms. The Hall–Kier alpha value is -4.58. The Labute approximate surface area is 252 Å². The summed E-state index contributed by atoms with van der Waals surface area (Å²) in [5.74, 6) is -0.975. The third-order valence-corrected chi connectivity index (χ3v) is 8.10. The van der Waals surface area contributed by atoms with E-state index in [1.807, 2.05) is 6.92 Å². The summed E-state index contributed by atoms with van der Waals surface area (Å²) in [5, 5.41) is 11.7. The minimum atomic E-state index is -1.10. The second-order valence-electron chi connectivity index (χ2n) is 9.77. The van der Waals surface area contributed by atoms with Gasteiger partial charge in [-0.3, -0.25) is 14.5 Å². The molecule has 5 rings (SSSR count). The number of ether oxygens (including phenoxy) is 5. The van der Waals surface area contributed by atoms with Crippen LogP contribution in [0.25, 0.3) is 5.76 Å². The number of aliphatic hydroxyl groups is 1. The highest BCUT2D eigenvalue weighted by Crippen LogP contribution is 2.46. The first-order chi connectivity index (χ1) is 20.8. The van der Waals surface area contributed by atoms with Crippen LogP contribution >= 0.6 is 11.3 Å². The maximum Gasteiger partial charge on any atom is 0.350 e. The monoisotopic (exact) mass is 608 g/mol. The summed E-state index contributed by atoms with van der Waals surface area (Å²) in [7, 11) is 1.25. The lowest BCUT2D eigenvalue weighted by atomic mass is 9.95. The van der Waals surface area contributed by atoms with Crippen molar-refractivity contribution in [1.82, 2.24) is 4.98 Å². The van der Waals surface area contributed by atoms with Gasteiger partial charge in [-0.2, -0.15) is 0 Å². The quantitative estimate of drug-likeness (QED) is 0.107. The largest absolute Gasteiger partial charge is 0.507 e. The van der Waals surface area contributed by atoms with E-state index >= 15 is 0 Å². The number of methoxy groups -OCH3 is 1. The van der Waals surface area contributed by atoms with Gasteiger partial charge in [-0.25, -0.2) is 9.78 Å². The van der Waals surface area contributed by atoms with Crippen molar-refractivity contribution in [3.05, 3.63) is 63.7 Å². The standard InChI is InChI=1S/C31H32N2O9S/c1-5-7-12-40-20-10-8-18(15-22(20)39-6-2)25-24(26(34)19-9-11-21-23(16-19)42-14-13-41-21)27(35)29(36)33(25)31-32-17(3)28(43-31)30(37)38-4/h8-11,15-16,25,34H,5-7,12-14H2,1-4H3/b26-24-. The number of aryl methyl sites for hydroxylation is 1. The van der Waals surface area contributed by atoms with Gasteiger partial charge in [0.1, 0.15) is 23.9 Å². The predicted octanol–water partition coefficient (Wildman–Crippen LogP) is 5.21. The predicted molar refractivity (Wildman–Crippen MR) is 158 cm³/mol. The van der Waals surface area contributed by atoms with E-state index in [4.69, 9.17) is 23.7 Å². The highest BCUT2D eigenvalue weighted by atomic mass is 32.1. The normalized spacial score (nSPS) is 17.2. The number of hydrogen-bond acceptors (Lipinski definition) is 11. The molecule has 1 N–H and O–H groups in total. The summed E-state index contributed by atoms with van der Waals surface area (Å²) in [6.45, 7) is 7.08. The second kappa shape index (κ2) is 12.7. The molecule has 2 aliphatic rings. The molecule has 2 aliphatic heterocycles. The maximum absolute atomic E-state index is 13.7. The molecule has 2 aromatic carbocycles. The number of amides is 1. The van der Waals surface area contributed by atoms with Crippen LogP contribution in [0.1, 0.15) is 59.2 Å². The minimum absolute atomic E-state index is 0.104. The molecule has 12 heteroatoms. The van der Waals surface area contributed by atoms with Crippen LogP contribution in [0.5, 0.6) is 23.0 Å². The first-order valence-electron chi connectivity index (χ1n) is 13.9. The Morgan fingerprint density at radius 2 is 1.84 bits per heavy atom. The summed E-state index contributed by atoms with van der Waals surface area (Å²) in [6, 6.07) is 8.80. The molecule has 1 atom stereocenters. The summed E-state index contributed by atoms with van der Waals surface area (Å²) in [5.41, 5.74) is 0.921. The van der Waals surface area contributed by atoms with Gasteiger partial charge in [0.15, 0.2) is 28.1 Å². The molecule has 0 bridgehead atoms. The van der Waals surface area contributed by atoms with E-state index in [0.717, 1.165) is 24.2 Å². The highest BCUT2D eigenvalue weighted by molar-refractivity contribution is 7.17. The Kier molecular flexibility index (Phi) is 8.86. The van der Waals surface area contributed by atoms with Crippen LogP contribution in [0.2, 0.25) is 0 Å². The Morgan fingerprint density at radius 1 is 1.07 bits per heavy atom. The van der Waals surface area contributed by atoms with Gasteiger partial charge in [0.05, 0.1) is 37.6 Å². The Bertz CT molecular complexity index is 1600. The molecule has 1 fully saturated rings. The van der Waals surface area contributed by atoms with E-state index in [-0.39, 0.29) is 21.1 Å². The van der Waals surface area contributed by atoms with Crippen molar-refractivity contribution in [2.24, 2.45) is 0 Å². The van der Waals surface area contributed by atoms with E-state index in [9.17, 15) is 19.5 Å². The molecule has 3 heterocycles. The van der Waals surface area contributed by atoms with Crippen LogP contribution in [-0.2, 0) is 14.3 Å². The molecule has 3 aromatic rings. The SMILES string of the molecule is CCCCOc1ccc(C2/C(=C(/O)c3ccc4c(c3)OCCO4)C(=O)C(=O)N2c2nc(C)c(C(=O)OC)s2)cc1OCC. The molecule has 0 radical (unpaired) electrons. The fraction of sp³-hybridized carbons (Fsp3) is 0.355. The lowest BCUT2D eigenvalue weighted by Crippen LogP contribution is -2.29. The number of ketones is 1. The van der Waals surface area contributed by atoms with Crippen molar-refractivity contribution >= 4 is 39.9 Å². The number of rotatable bonds is 10. The van der Waals surface area contributed by atoms with Crippen LogP contribution in [-0.4, -0.2) is 61.3 Å². The van der Waals surface area contributed by atoms with Crippen molar-refractivity contribution in [2.75, 3.05) is 38.4 Å². The first kappa shape index (κ1) is 29.9. The first-order valence-corrected chi connectivity index (χ1v) is 14.8. The molecule has 11 nitrogen and oxygen atoms in total. The molecule has 1 amide bonds. The fourth-order valence-electron chi connectivity index (χ4n) is 4.87. The third kappa shape index (κ3) is 5.74. The van der Waals surface area contributed by atoms with Gasteiger partial charge in [0.25, 0.3) is 5.78 Å². The van der Waals surface area contributed by atoms with Gasteiger partial charge in [-0.1, -0.05) is 30.7 Å². The van der Waals surface area contributed by atoms with Crippen molar-refractivity contribution in [1.29, 1.82) is 0 Å². The number of benzene rings is 2. The number of thiazole rings is 1. The number of fused-ring (bicyclic) bond motifs is 1. The van der Waals surface area contributed by atoms with Gasteiger partial charge < -0.3 is 28.8 Å². The number of carbonyl (C=O) groups excluding carboxylic acids is 3. The number of unbranched alkanes of at least 4 members (excludes halogenated alkanes) is 1. The van der Waals surface area contributed by atoms with Gasteiger partial charge >= 0.3 is 11.9 Å². The van der Waals surface area contributed by atoms with Crippen LogP contribution in [0.3, 0.4) is 0 Å². The van der Waals surface area contributed by atoms with Gasteiger partial charge in [-0.05, 0) is 56.2 Å². The lowest BCUT2D eigenvalue weighted by Gasteiger charge is -2.24. The highest BCUT2D eigenvalue weighted by Gasteiger charge is 2.48. The van der Waals surface area contributed by atoms with E-state index in [1.165, 1.54) is 12.0 Å². The Balaban J connectivity index is 1.68. The Morgan fingerprint density at radius 3 is 2.56 bits per heavy atom. The van der Waals surface area contributed by atoms with Gasteiger partial charge in [0.2, 0.25) is 0 Å². The third-order valence-electron chi connectivity index (χ3n) is 6.96. The molecular weight excluding hydrogens is 576 g/mol. The van der Waals surface area contributed by atoms with Crippen molar-refractivity contribution in [3.63, 3.8) is 0 Å². The molecule has 226 valence electrons. The number of esters is 1. The average Bonchev–Trinajstić information content (AvgIpc) is 3.53. The molecule has 0 aliphatic carbocycles. The number of aromatic nitrogens is 1. The van der Waals surface area contributed by atoms with Crippen LogP contribution < -0.4 is 23.8 Å². The maximum atomic E-state index is 13.7. The summed E-state index contributed by atoms with van der Waals surface area (Å²) in [6.07, 6.45) is 1.81. The van der Waals surface area contributed by atoms with Crippen LogP contribution in [0.4, 0.5) is 5.13 Å². The fourth-order valence-corrected chi connectivity index (χ4v) is 5.88. The number of carbonyl (C=O) groups is 3. The van der Waals surface area contributed by atoms with Crippen LogP contribution in [0, 0.1) is 6.92 Å². The molecule has 0 saturated carbocycles. The average molecular weight is 609 g/mol. The number of hydrogen-bond donors (Lipinski definition) is 1. The van der Waals surface area contributed by atoms with E-state index in [2.05, 4.69) is 11.9 Å². The molecule has 1 aromatic heterocycles. The zero-order valence-corrected chi connectivity index (χ0v) is 25.1. The van der Waals surface area contributed by atoms with Crippen molar-refractivity contribution in [2.45, 2.75) is 39.7 Å². The van der Waals surface area contributed by atoms with Crippen molar-refractivity contribution < 1.29 is 43.2 Å². The second-order valence-corrected chi connectivity index (χ2v) is 10.7. The van der Waals surface area contributed by atoms with E-state index in [0.29, 0.717) is 60.7 Å². The van der Waals surface area contributed by atoms with Crippen LogP contribution in [0.15, 0.2) is 42.0 Å².